The summed E-state index contributed by atoms with van der Waals surface area (Å²) in [6.45, 7) is 20.7. The zero-order valence-corrected chi connectivity index (χ0v) is 25.4. The predicted octanol–water partition coefficient (Wildman–Crippen LogP) is 6.71. The number of carbonyl (C=O) groups is 4. The van der Waals surface area contributed by atoms with E-state index in [1.165, 1.54) is 21.6 Å². The molecule has 0 unspecified atom stereocenters. The first kappa shape index (κ1) is 34.2. The molecule has 0 aliphatic heterocycles. The summed E-state index contributed by atoms with van der Waals surface area (Å²) in [5, 5.41) is 0. The molecule has 0 rings (SSSR count). The van der Waals surface area contributed by atoms with Crippen LogP contribution in [0.3, 0.4) is 0 Å². The minimum Gasteiger partial charge on any atom is -0.443 e. The van der Waals surface area contributed by atoms with E-state index in [0.717, 1.165) is 9.80 Å². The summed E-state index contributed by atoms with van der Waals surface area (Å²) < 4.78 is 21.4. The summed E-state index contributed by atoms with van der Waals surface area (Å²) in [4.78, 5) is 52.1. The van der Waals surface area contributed by atoms with Gasteiger partial charge in [-0.05, 0) is 83.1 Å². The van der Waals surface area contributed by atoms with Crippen LogP contribution in [0.4, 0.5) is 19.2 Å². The zero-order chi connectivity index (χ0) is 28.5. The number of imide groups is 2. The molecule has 0 aromatic rings. The van der Waals surface area contributed by atoms with Gasteiger partial charge in [0.15, 0.2) is 0 Å². The lowest BCUT2D eigenvalue weighted by atomic mass is 10.2. The molecule has 0 bridgehead atoms. The molecule has 0 aromatic heterocycles. The fraction of sp³-hybridized carbons (Fsp3) is 0.833. The first-order chi connectivity index (χ1) is 16.0. The Kier molecular flexibility index (Phi) is 13.0. The summed E-state index contributed by atoms with van der Waals surface area (Å²) in [5.41, 5.74) is -3.09. The Morgan fingerprint density at radius 3 is 0.833 bits per heavy atom. The Hall–Kier alpha value is -1.82. The lowest BCUT2D eigenvalue weighted by Gasteiger charge is -2.29. The maximum atomic E-state index is 12.6. The fourth-order valence-corrected chi connectivity index (χ4v) is 4.06. The molecule has 0 N–H and O–H groups in total. The number of nitrogens with zero attached hydrogens (tertiary/aromatic N) is 2. The Balaban J connectivity index is 5.03. The standard InChI is InChI=1S/C24H44N2O8S2/c1-21(2,3)31-17(27)25(18(28)32-22(4,5)6)13-15-35-36-16-14-26(19(29)33-23(7,8)9)20(30)34-24(10,11)12/h13-16H2,1-12H3. The van der Waals surface area contributed by atoms with Crippen LogP contribution in [-0.4, -0.2) is 81.2 Å². The molecule has 0 aromatic carbocycles. The minimum atomic E-state index is -0.789. The summed E-state index contributed by atoms with van der Waals surface area (Å²) in [6, 6.07) is 0. The monoisotopic (exact) mass is 552 g/mol. The first-order valence-corrected chi connectivity index (χ1v) is 14.2. The van der Waals surface area contributed by atoms with Crippen molar-refractivity contribution in [1.82, 2.24) is 9.80 Å². The Bertz CT molecular complexity index is 642. The van der Waals surface area contributed by atoms with Crippen LogP contribution in [0.2, 0.25) is 0 Å². The summed E-state index contributed by atoms with van der Waals surface area (Å²) >= 11 is 0. The maximum Gasteiger partial charge on any atom is 0.419 e. The number of carbonyl (C=O) groups excluding carboxylic acids is 4. The van der Waals surface area contributed by atoms with E-state index in [1.807, 2.05) is 0 Å². The highest BCUT2D eigenvalue weighted by Gasteiger charge is 2.32. The lowest BCUT2D eigenvalue weighted by Crippen LogP contribution is -2.44. The average molecular weight is 553 g/mol. The highest BCUT2D eigenvalue weighted by molar-refractivity contribution is 8.76. The van der Waals surface area contributed by atoms with E-state index in [4.69, 9.17) is 18.9 Å². The van der Waals surface area contributed by atoms with Gasteiger partial charge < -0.3 is 18.9 Å². The Morgan fingerprint density at radius 1 is 0.472 bits per heavy atom. The van der Waals surface area contributed by atoms with Crippen molar-refractivity contribution in [3.8, 4) is 0 Å². The van der Waals surface area contributed by atoms with Crippen LogP contribution < -0.4 is 0 Å². The largest absolute Gasteiger partial charge is 0.443 e. The van der Waals surface area contributed by atoms with Crippen molar-refractivity contribution in [2.45, 2.75) is 105 Å². The molecular weight excluding hydrogens is 508 g/mol. The first-order valence-electron chi connectivity index (χ1n) is 11.7. The highest BCUT2D eigenvalue weighted by atomic mass is 33.1. The average Bonchev–Trinajstić information content (AvgIpc) is 2.57. The van der Waals surface area contributed by atoms with Crippen LogP contribution in [-0.2, 0) is 18.9 Å². The van der Waals surface area contributed by atoms with Gasteiger partial charge in [0.1, 0.15) is 22.4 Å². The minimum absolute atomic E-state index is 0.0589. The summed E-state index contributed by atoms with van der Waals surface area (Å²) in [6.07, 6.45) is -3.15. The number of ether oxygens (including phenoxy) is 4. The van der Waals surface area contributed by atoms with Crippen molar-refractivity contribution in [2.75, 3.05) is 24.6 Å². The van der Waals surface area contributed by atoms with Crippen LogP contribution in [0.5, 0.6) is 0 Å². The summed E-state index contributed by atoms with van der Waals surface area (Å²) in [5.74, 6) is 0.754. The molecule has 210 valence electrons. The zero-order valence-electron chi connectivity index (χ0n) is 23.8. The predicted molar refractivity (Wildman–Crippen MR) is 143 cm³/mol. The lowest BCUT2D eigenvalue weighted by molar-refractivity contribution is 0.000553. The van der Waals surface area contributed by atoms with Crippen LogP contribution in [0.25, 0.3) is 0 Å². The van der Waals surface area contributed by atoms with Gasteiger partial charge >= 0.3 is 24.4 Å². The van der Waals surface area contributed by atoms with Gasteiger partial charge in [0, 0.05) is 24.6 Å². The second-order valence-electron chi connectivity index (χ2n) is 11.9. The van der Waals surface area contributed by atoms with Gasteiger partial charge in [-0.15, -0.1) is 0 Å². The topological polar surface area (TPSA) is 112 Å². The van der Waals surface area contributed by atoms with Gasteiger partial charge in [0.05, 0.1) is 0 Å². The van der Waals surface area contributed by atoms with Crippen LogP contribution >= 0.6 is 21.6 Å². The molecule has 0 aliphatic rings. The normalized spacial score (nSPS) is 12.4. The molecule has 10 nitrogen and oxygen atoms in total. The molecule has 0 spiro atoms. The molecule has 0 saturated heterocycles. The Morgan fingerprint density at radius 2 is 0.667 bits per heavy atom. The fourth-order valence-electron chi connectivity index (χ4n) is 2.16. The van der Waals surface area contributed by atoms with Crippen molar-refractivity contribution in [3.63, 3.8) is 0 Å². The molecule has 0 fully saturated rings. The van der Waals surface area contributed by atoms with Gasteiger partial charge in [-0.1, -0.05) is 21.6 Å². The number of amides is 4. The van der Waals surface area contributed by atoms with E-state index < -0.39 is 46.8 Å². The van der Waals surface area contributed by atoms with Crippen LogP contribution in [0, 0.1) is 0 Å². The van der Waals surface area contributed by atoms with Gasteiger partial charge in [0.25, 0.3) is 0 Å². The van der Waals surface area contributed by atoms with Crippen LogP contribution in [0.1, 0.15) is 83.1 Å². The molecule has 0 saturated carbocycles. The van der Waals surface area contributed by atoms with Crippen molar-refractivity contribution < 1.29 is 38.1 Å². The quantitative estimate of drug-likeness (QED) is 0.192. The van der Waals surface area contributed by atoms with Crippen LogP contribution in [0.15, 0.2) is 0 Å². The molecule has 12 heteroatoms. The van der Waals surface area contributed by atoms with E-state index >= 15 is 0 Å². The molecule has 0 radical (unpaired) electrons. The highest BCUT2D eigenvalue weighted by Crippen LogP contribution is 2.23. The molecule has 0 aliphatic carbocycles. The second kappa shape index (κ2) is 13.6. The third-order valence-electron chi connectivity index (χ3n) is 3.34. The molecule has 36 heavy (non-hydrogen) atoms. The van der Waals surface area contributed by atoms with E-state index in [2.05, 4.69) is 0 Å². The van der Waals surface area contributed by atoms with Gasteiger partial charge in [-0.25, -0.2) is 29.0 Å². The Labute approximate surface area is 223 Å². The van der Waals surface area contributed by atoms with Crippen molar-refractivity contribution in [1.29, 1.82) is 0 Å². The van der Waals surface area contributed by atoms with E-state index in [9.17, 15) is 19.2 Å². The molecule has 4 amide bonds. The third kappa shape index (κ3) is 16.8. The number of hydrogen-bond donors (Lipinski definition) is 0. The molecular formula is C24H44N2O8S2. The van der Waals surface area contributed by atoms with E-state index in [1.54, 1.807) is 83.1 Å². The van der Waals surface area contributed by atoms with Crippen molar-refractivity contribution in [2.24, 2.45) is 0 Å². The van der Waals surface area contributed by atoms with Gasteiger partial charge in [-0.2, -0.15) is 0 Å². The maximum absolute atomic E-state index is 12.6. The summed E-state index contributed by atoms with van der Waals surface area (Å²) in [7, 11) is 2.75. The van der Waals surface area contributed by atoms with Gasteiger partial charge in [-0.3, -0.25) is 0 Å². The molecule has 0 heterocycles. The molecule has 0 atom stereocenters. The number of rotatable bonds is 7. The SMILES string of the molecule is CC(C)(C)OC(=O)N(CCSSCCN(C(=O)OC(C)(C)C)C(=O)OC(C)(C)C)C(=O)OC(C)(C)C. The second-order valence-corrected chi connectivity index (χ2v) is 14.6. The number of hydrogen-bond acceptors (Lipinski definition) is 10. The van der Waals surface area contributed by atoms with E-state index in [0.29, 0.717) is 11.5 Å². The van der Waals surface area contributed by atoms with Gasteiger partial charge in [0.2, 0.25) is 0 Å². The third-order valence-corrected chi connectivity index (χ3v) is 5.70. The van der Waals surface area contributed by atoms with Crippen molar-refractivity contribution in [3.05, 3.63) is 0 Å². The van der Waals surface area contributed by atoms with Crippen molar-refractivity contribution >= 4 is 46.0 Å². The van der Waals surface area contributed by atoms with E-state index in [-0.39, 0.29) is 13.1 Å². The smallest absolute Gasteiger partial charge is 0.419 e.